The first-order chi connectivity index (χ1) is 13.7. The van der Waals surface area contributed by atoms with Gasteiger partial charge < -0.3 is 9.30 Å². The number of amides is 1. The minimum atomic E-state index is 0.0663. The summed E-state index contributed by atoms with van der Waals surface area (Å²) in [5, 5.41) is 0.858. The Morgan fingerprint density at radius 2 is 1.93 bits per heavy atom. The Bertz CT molecular complexity index is 1040. The maximum absolute atomic E-state index is 13.1. The fraction of sp³-hybridized carbons (Fsp3) is 0.364. The van der Waals surface area contributed by atoms with E-state index in [9.17, 15) is 4.79 Å². The SMILES string of the molecule is O=C(c1nc2ccccn2c1CN1CCc2c(Cl)cccc2C1)N1CCCC1. The van der Waals surface area contributed by atoms with Crippen molar-refractivity contribution in [2.24, 2.45) is 0 Å². The summed E-state index contributed by atoms with van der Waals surface area (Å²) < 4.78 is 2.07. The van der Waals surface area contributed by atoms with Gasteiger partial charge in [-0.05, 0) is 48.6 Å². The summed E-state index contributed by atoms with van der Waals surface area (Å²) in [4.78, 5) is 22.2. The topological polar surface area (TPSA) is 40.9 Å². The normalized spacial score (nSPS) is 17.2. The van der Waals surface area contributed by atoms with Gasteiger partial charge in [-0.2, -0.15) is 0 Å². The molecule has 2 aromatic heterocycles. The molecule has 0 atom stereocenters. The smallest absolute Gasteiger partial charge is 0.274 e. The van der Waals surface area contributed by atoms with Crippen LogP contribution < -0.4 is 0 Å². The molecule has 1 aromatic carbocycles. The van der Waals surface area contributed by atoms with Gasteiger partial charge in [-0.15, -0.1) is 0 Å². The lowest BCUT2D eigenvalue weighted by Crippen LogP contribution is -2.33. The number of carbonyl (C=O) groups is 1. The van der Waals surface area contributed by atoms with E-state index in [2.05, 4.69) is 15.4 Å². The van der Waals surface area contributed by atoms with Crippen LogP contribution in [0.1, 0.15) is 40.2 Å². The second-order valence-corrected chi connectivity index (χ2v) is 8.08. The molecule has 0 unspecified atom stereocenters. The van der Waals surface area contributed by atoms with Crippen molar-refractivity contribution in [3.05, 3.63) is 70.1 Å². The predicted molar refractivity (Wildman–Crippen MR) is 110 cm³/mol. The van der Waals surface area contributed by atoms with Gasteiger partial charge in [0.1, 0.15) is 5.65 Å². The number of nitrogens with zero attached hydrogens (tertiary/aromatic N) is 4. The summed E-state index contributed by atoms with van der Waals surface area (Å²) in [6, 6.07) is 12.1. The van der Waals surface area contributed by atoms with Gasteiger partial charge in [-0.25, -0.2) is 4.98 Å². The van der Waals surface area contributed by atoms with Gasteiger partial charge in [0.15, 0.2) is 5.69 Å². The molecule has 1 amide bonds. The second kappa shape index (κ2) is 7.22. The van der Waals surface area contributed by atoms with Crippen molar-refractivity contribution < 1.29 is 4.79 Å². The van der Waals surface area contributed by atoms with Gasteiger partial charge in [0.05, 0.1) is 5.69 Å². The molecule has 3 aromatic rings. The molecular weight excluding hydrogens is 372 g/mol. The van der Waals surface area contributed by atoms with Crippen molar-refractivity contribution in [2.75, 3.05) is 19.6 Å². The Morgan fingerprint density at radius 1 is 1.07 bits per heavy atom. The van der Waals surface area contributed by atoms with Crippen LogP contribution in [-0.2, 0) is 19.5 Å². The lowest BCUT2D eigenvalue weighted by atomic mass is 9.99. The lowest BCUT2D eigenvalue weighted by molar-refractivity contribution is 0.0785. The van der Waals surface area contributed by atoms with Crippen LogP contribution in [0.2, 0.25) is 5.02 Å². The van der Waals surface area contributed by atoms with Crippen LogP contribution in [0.5, 0.6) is 0 Å². The van der Waals surface area contributed by atoms with Crippen molar-refractivity contribution in [1.29, 1.82) is 0 Å². The van der Waals surface area contributed by atoms with Crippen molar-refractivity contribution in [2.45, 2.75) is 32.4 Å². The Kier molecular flexibility index (Phi) is 4.57. The molecule has 0 N–H and O–H groups in total. The number of benzene rings is 1. The molecule has 1 saturated heterocycles. The molecule has 1 fully saturated rings. The van der Waals surface area contributed by atoms with E-state index in [0.717, 1.165) is 61.8 Å². The minimum absolute atomic E-state index is 0.0663. The molecule has 0 aliphatic carbocycles. The standard InChI is InChI=1S/C22H23ClN4O/c23-18-7-5-6-16-14-25(13-9-17(16)18)15-19-21(22(28)26-10-3-4-11-26)24-20-8-1-2-12-27(19)20/h1-2,5-8,12H,3-4,9-11,13-15H2. The first-order valence-corrected chi connectivity index (χ1v) is 10.3. The third-order valence-electron chi connectivity index (χ3n) is 5.89. The molecule has 0 saturated carbocycles. The number of aromatic nitrogens is 2. The van der Waals surface area contributed by atoms with Gasteiger partial charge >= 0.3 is 0 Å². The lowest BCUT2D eigenvalue weighted by Gasteiger charge is -2.29. The van der Waals surface area contributed by atoms with E-state index in [1.807, 2.05) is 41.4 Å². The highest BCUT2D eigenvalue weighted by Gasteiger charge is 2.28. The van der Waals surface area contributed by atoms with Crippen LogP contribution in [0, 0.1) is 0 Å². The Balaban J connectivity index is 1.48. The van der Waals surface area contributed by atoms with Crippen molar-refractivity contribution in [3.8, 4) is 0 Å². The van der Waals surface area contributed by atoms with Gasteiger partial charge in [-0.3, -0.25) is 9.69 Å². The first kappa shape index (κ1) is 17.7. The third kappa shape index (κ3) is 3.09. The Labute approximate surface area is 169 Å². The van der Waals surface area contributed by atoms with Crippen molar-refractivity contribution in [1.82, 2.24) is 19.2 Å². The molecule has 144 valence electrons. The summed E-state index contributed by atoms with van der Waals surface area (Å²) in [5.41, 5.74) is 4.95. The van der Waals surface area contributed by atoms with E-state index < -0.39 is 0 Å². The van der Waals surface area contributed by atoms with Gasteiger partial charge in [-0.1, -0.05) is 29.8 Å². The van der Waals surface area contributed by atoms with Crippen LogP contribution in [0.15, 0.2) is 42.6 Å². The number of hydrogen-bond donors (Lipinski definition) is 0. The van der Waals surface area contributed by atoms with Gasteiger partial charge in [0, 0.05) is 43.9 Å². The van der Waals surface area contributed by atoms with Crippen LogP contribution in [0.4, 0.5) is 0 Å². The molecular formula is C22H23ClN4O. The fourth-order valence-corrected chi connectivity index (χ4v) is 4.70. The summed E-state index contributed by atoms with van der Waals surface area (Å²) in [6.45, 7) is 4.14. The molecule has 0 spiro atoms. The van der Waals surface area contributed by atoms with E-state index in [-0.39, 0.29) is 5.91 Å². The highest BCUT2D eigenvalue weighted by atomic mass is 35.5. The van der Waals surface area contributed by atoms with Gasteiger partial charge in [0.25, 0.3) is 5.91 Å². The maximum Gasteiger partial charge on any atom is 0.274 e. The zero-order chi connectivity index (χ0) is 19.1. The van der Waals surface area contributed by atoms with E-state index in [1.54, 1.807) is 0 Å². The molecule has 0 bridgehead atoms. The van der Waals surface area contributed by atoms with E-state index in [4.69, 9.17) is 16.6 Å². The quantitative estimate of drug-likeness (QED) is 0.678. The monoisotopic (exact) mass is 394 g/mol. The summed E-state index contributed by atoms with van der Waals surface area (Å²) >= 11 is 6.37. The minimum Gasteiger partial charge on any atom is -0.337 e. The molecule has 5 nitrogen and oxygen atoms in total. The molecule has 2 aliphatic heterocycles. The van der Waals surface area contributed by atoms with Crippen LogP contribution in [0.25, 0.3) is 5.65 Å². The predicted octanol–water partition coefficient (Wildman–Crippen LogP) is 3.78. The van der Waals surface area contributed by atoms with E-state index >= 15 is 0 Å². The molecule has 6 heteroatoms. The number of fused-ring (bicyclic) bond motifs is 2. The van der Waals surface area contributed by atoms with Crippen molar-refractivity contribution in [3.63, 3.8) is 0 Å². The molecule has 2 aliphatic rings. The van der Waals surface area contributed by atoms with Crippen LogP contribution in [-0.4, -0.2) is 44.7 Å². The molecule has 5 rings (SSSR count). The van der Waals surface area contributed by atoms with E-state index in [1.165, 1.54) is 11.1 Å². The number of halogens is 1. The number of hydrogen-bond acceptors (Lipinski definition) is 3. The average Bonchev–Trinajstić information content (AvgIpc) is 3.36. The number of likely N-dealkylation sites (tertiary alicyclic amines) is 1. The zero-order valence-electron chi connectivity index (χ0n) is 15.8. The molecule has 28 heavy (non-hydrogen) atoms. The fourth-order valence-electron chi connectivity index (χ4n) is 4.41. The summed E-state index contributed by atoms with van der Waals surface area (Å²) in [6.07, 6.45) is 5.10. The highest BCUT2D eigenvalue weighted by molar-refractivity contribution is 6.31. The number of rotatable bonds is 3. The maximum atomic E-state index is 13.1. The van der Waals surface area contributed by atoms with Crippen molar-refractivity contribution >= 4 is 23.2 Å². The summed E-state index contributed by atoms with van der Waals surface area (Å²) in [7, 11) is 0. The largest absolute Gasteiger partial charge is 0.337 e. The van der Waals surface area contributed by atoms with E-state index in [0.29, 0.717) is 12.2 Å². The van der Waals surface area contributed by atoms with Gasteiger partial charge in [0.2, 0.25) is 0 Å². The average molecular weight is 395 g/mol. The first-order valence-electron chi connectivity index (χ1n) is 9.94. The summed E-state index contributed by atoms with van der Waals surface area (Å²) in [5.74, 6) is 0.0663. The second-order valence-electron chi connectivity index (χ2n) is 7.67. The number of imidazole rings is 1. The number of pyridine rings is 1. The molecule has 0 radical (unpaired) electrons. The number of carbonyl (C=O) groups excluding carboxylic acids is 1. The zero-order valence-corrected chi connectivity index (χ0v) is 16.5. The van der Waals surface area contributed by atoms with Crippen LogP contribution >= 0.6 is 11.6 Å². The van der Waals surface area contributed by atoms with Crippen LogP contribution in [0.3, 0.4) is 0 Å². The molecule has 4 heterocycles. The third-order valence-corrected chi connectivity index (χ3v) is 6.24. The highest BCUT2D eigenvalue weighted by Crippen LogP contribution is 2.28. The Hall–Kier alpha value is -2.37. The Morgan fingerprint density at radius 3 is 2.79 bits per heavy atom.